The summed E-state index contributed by atoms with van der Waals surface area (Å²) >= 11 is 0. The molecule has 0 saturated heterocycles. The number of rotatable bonds is 4. The van der Waals surface area contributed by atoms with Crippen LogP contribution in [-0.4, -0.2) is 18.9 Å². The summed E-state index contributed by atoms with van der Waals surface area (Å²) in [5, 5.41) is 0. The van der Waals surface area contributed by atoms with Gasteiger partial charge in [-0.15, -0.1) is 0 Å². The van der Waals surface area contributed by atoms with Crippen LogP contribution in [0.4, 0.5) is 0 Å². The van der Waals surface area contributed by atoms with E-state index in [4.69, 9.17) is 4.74 Å². The average Bonchev–Trinajstić information content (AvgIpc) is 2.02. The van der Waals surface area contributed by atoms with E-state index in [1.807, 2.05) is 27.7 Å². The van der Waals surface area contributed by atoms with E-state index in [0.717, 1.165) is 0 Å². The summed E-state index contributed by atoms with van der Waals surface area (Å²) in [6, 6.07) is 0. The maximum atomic E-state index is 11.7. The lowest BCUT2D eigenvalue weighted by Gasteiger charge is -2.35. The van der Waals surface area contributed by atoms with Gasteiger partial charge in [0.1, 0.15) is 11.2 Å². The van der Waals surface area contributed by atoms with Crippen LogP contribution in [0.15, 0.2) is 0 Å². The Bertz CT molecular complexity index is 221. The van der Waals surface area contributed by atoms with Crippen LogP contribution in [0.5, 0.6) is 0 Å². The first-order chi connectivity index (χ1) is 6.31. The molecule has 0 aromatic heterocycles. The molecule has 0 aliphatic carbocycles. The third kappa shape index (κ3) is 1.81. The van der Waals surface area contributed by atoms with E-state index in [0.29, 0.717) is 0 Å². The molecule has 0 heterocycles. The summed E-state index contributed by atoms with van der Waals surface area (Å²) < 4.78 is 4.74. The lowest BCUT2D eigenvalue weighted by atomic mass is 9.66. The molecular formula is C11H20O3. The van der Waals surface area contributed by atoms with Crippen molar-refractivity contribution in [2.45, 2.75) is 34.6 Å². The maximum Gasteiger partial charge on any atom is 0.319 e. The molecule has 3 nitrogen and oxygen atoms in total. The molecule has 0 unspecified atom stereocenters. The molecule has 0 amide bonds. The van der Waals surface area contributed by atoms with Gasteiger partial charge in [0, 0.05) is 0 Å². The first-order valence-electron chi connectivity index (χ1n) is 4.91. The molecule has 0 spiro atoms. The van der Waals surface area contributed by atoms with Gasteiger partial charge < -0.3 is 4.74 Å². The van der Waals surface area contributed by atoms with Gasteiger partial charge in [-0.3, -0.25) is 9.59 Å². The van der Waals surface area contributed by atoms with E-state index >= 15 is 0 Å². The molecule has 0 bridgehead atoms. The normalized spacial score (nSPS) is 12.0. The highest BCUT2D eigenvalue weighted by Gasteiger charge is 2.49. The number of hydrogen-bond acceptors (Lipinski definition) is 3. The molecule has 3 heteroatoms. The summed E-state index contributed by atoms with van der Waals surface area (Å²) in [6.07, 6.45) is 0. The average molecular weight is 200 g/mol. The lowest BCUT2D eigenvalue weighted by Crippen LogP contribution is -2.47. The van der Waals surface area contributed by atoms with Crippen LogP contribution in [0.25, 0.3) is 0 Å². The Morgan fingerprint density at radius 1 is 1.07 bits per heavy atom. The Balaban J connectivity index is 5.39. The van der Waals surface area contributed by atoms with E-state index in [9.17, 15) is 9.59 Å². The molecule has 0 saturated carbocycles. The number of esters is 1. The number of ether oxygens (including phenoxy) is 1. The number of hydrogen-bond donors (Lipinski definition) is 0. The fourth-order valence-electron chi connectivity index (χ4n) is 2.26. The van der Waals surface area contributed by atoms with Gasteiger partial charge in [-0.1, -0.05) is 27.7 Å². The molecule has 0 radical (unpaired) electrons. The van der Waals surface area contributed by atoms with Crippen molar-refractivity contribution < 1.29 is 14.3 Å². The zero-order valence-corrected chi connectivity index (χ0v) is 9.88. The van der Waals surface area contributed by atoms with Crippen molar-refractivity contribution >= 4 is 11.8 Å². The van der Waals surface area contributed by atoms with Gasteiger partial charge in [0.05, 0.1) is 7.11 Å². The predicted octanol–water partition coefficient (Wildman–Crippen LogP) is 2.05. The highest BCUT2D eigenvalue weighted by atomic mass is 16.5. The molecule has 0 N–H and O–H groups in total. The van der Waals surface area contributed by atoms with Crippen LogP contribution in [0, 0.1) is 17.3 Å². The molecular weight excluding hydrogens is 180 g/mol. The van der Waals surface area contributed by atoms with Crippen molar-refractivity contribution in [1.29, 1.82) is 0 Å². The van der Waals surface area contributed by atoms with Gasteiger partial charge in [-0.05, 0) is 18.8 Å². The fraction of sp³-hybridized carbons (Fsp3) is 0.818. The van der Waals surface area contributed by atoms with Gasteiger partial charge in [-0.2, -0.15) is 0 Å². The number of carbonyl (C=O) groups is 2. The van der Waals surface area contributed by atoms with Crippen LogP contribution < -0.4 is 0 Å². The van der Waals surface area contributed by atoms with Crippen LogP contribution in [0.2, 0.25) is 0 Å². The Morgan fingerprint density at radius 3 is 1.50 bits per heavy atom. The Morgan fingerprint density at radius 2 is 1.43 bits per heavy atom. The second kappa shape index (κ2) is 4.58. The third-order valence-electron chi connectivity index (χ3n) is 2.93. The van der Waals surface area contributed by atoms with E-state index in [1.165, 1.54) is 14.0 Å². The quantitative estimate of drug-likeness (QED) is 0.515. The van der Waals surface area contributed by atoms with Crippen LogP contribution in [0.1, 0.15) is 34.6 Å². The van der Waals surface area contributed by atoms with Crippen molar-refractivity contribution in [3.05, 3.63) is 0 Å². The first kappa shape index (κ1) is 13.1. The van der Waals surface area contributed by atoms with E-state index < -0.39 is 11.4 Å². The molecule has 0 atom stereocenters. The maximum absolute atomic E-state index is 11.7. The number of ketones is 1. The Labute approximate surface area is 85.8 Å². The van der Waals surface area contributed by atoms with E-state index in [1.54, 1.807) is 0 Å². The molecule has 0 rings (SSSR count). The zero-order chi connectivity index (χ0) is 11.5. The highest BCUT2D eigenvalue weighted by Crippen LogP contribution is 2.38. The van der Waals surface area contributed by atoms with Crippen molar-refractivity contribution in [2.24, 2.45) is 17.3 Å². The Kier molecular flexibility index (Phi) is 4.30. The van der Waals surface area contributed by atoms with Gasteiger partial charge in [0.25, 0.3) is 0 Å². The molecule has 0 aliphatic rings. The molecule has 0 aromatic rings. The molecule has 82 valence electrons. The summed E-state index contributed by atoms with van der Waals surface area (Å²) in [6.45, 7) is 8.95. The van der Waals surface area contributed by atoms with Crippen molar-refractivity contribution in [3.63, 3.8) is 0 Å². The monoisotopic (exact) mass is 200 g/mol. The largest absolute Gasteiger partial charge is 0.468 e. The topological polar surface area (TPSA) is 43.4 Å². The minimum Gasteiger partial charge on any atom is -0.468 e. The van der Waals surface area contributed by atoms with Gasteiger partial charge >= 0.3 is 5.97 Å². The van der Waals surface area contributed by atoms with E-state index in [2.05, 4.69) is 0 Å². The fourth-order valence-corrected chi connectivity index (χ4v) is 2.26. The van der Waals surface area contributed by atoms with Crippen molar-refractivity contribution in [3.8, 4) is 0 Å². The lowest BCUT2D eigenvalue weighted by molar-refractivity contribution is -0.164. The summed E-state index contributed by atoms with van der Waals surface area (Å²) in [7, 11) is 1.32. The van der Waals surface area contributed by atoms with E-state index in [-0.39, 0.29) is 17.6 Å². The molecule has 0 fully saturated rings. The summed E-state index contributed by atoms with van der Waals surface area (Å²) in [4.78, 5) is 23.4. The summed E-state index contributed by atoms with van der Waals surface area (Å²) in [5.41, 5.74) is -0.991. The smallest absolute Gasteiger partial charge is 0.319 e. The first-order valence-corrected chi connectivity index (χ1v) is 4.91. The minimum atomic E-state index is -0.991. The molecule has 0 aromatic carbocycles. The van der Waals surface area contributed by atoms with Crippen LogP contribution in [0.3, 0.4) is 0 Å². The number of Topliss-reactive ketones (excluding diaryl/α,β-unsaturated/α-hetero) is 1. The molecule has 0 aliphatic heterocycles. The Hall–Kier alpha value is -0.860. The predicted molar refractivity (Wildman–Crippen MR) is 54.8 cm³/mol. The van der Waals surface area contributed by atoms with Crippen molar-refractivity contribution in [2.75, 3.05) is 7.11 Å². The number of methoxy groups -OCH3 is 1. The second-order valence-electron chi connectivity index (χ2n) is 4.23. The molecule has 14 heavy (non-hydrogen) atoms. The standard InChI is InChI=1S/C11H20O3/c1-7(2)11(8(3)4,9(5)12)10(13)14-6/h7-8H,1-6H3. The SMILES string of the molecule is COC(=O)C(C(C)=O)(C(C)C)C(C)C. The number of carbonyl (C=O) groups excluding carboxylic acids is 2. The van der Waals surface area contributed by atoms with Crippen LogP contribution >= 0.6 is 0 Å². The van der Waals surface area contributed by atoms with Gasteiger partial charge in [-0.25, -0.2) is 0 Å². The summed E-state index contributed by atoms with van der Waals surface area (Å²) in [5.74, 6) is -0.635. The third-order valence-corrected chi connectivity index (χ3v) is 2.93. The highest BCUT2D eigenvalue weighted by molar-refractivity contribution is 6.03. The van der Waals surface area contributed by atoms with Crippen molar-refractivity contribution in [1.82, 2.24) is 0 Å². The second-order valence-corrected chi connectivity index (χ2v) is 4.23. The van der Waals surface area contributed by atoms with Gasteiger partial charge in [0.15, 0.2) is 0 Å². The van der Waals surface area contributed by atoms with Crippen LogP contribution in [-0.2, 0) is 14.3 Å². The zero-order valence-electron chi connectivity index (χ0n) is 9.88. The minimum absolute atomic E-state index is 0.0487. The van der Waals surface area contributed by atoms with Gasteiger partial charge in [0.2, 0.25) is 0 Å².